The number of aromatic nitrogens is 4. The third-order valence-electron chi connectivity index (χ3n) is 4.78. The quantitative estimate of drug-likeness (QED) is 0.231. The summed E-state index contributed by atoms with van der Waals surface area (Å²) in [4.78, 5) is 27.6. The van der Waals surface area contributed by atoms with E-state index in [1.807, 2.05) is 41.8 Å². The molecule has 0 atom stereocenters. The van der Waals surface area contributed by atoms with Crippen LogP contribution in [-0.2, 0) is 6.54 Å². The highest BCUT2D eigenvalue weighted by atomic mass is 32.2. The number of hydrazone groups is 1. The molecule has 0 aliphatic heterocycles. The fourth-order valence-corrected chi connectivity index (χ4v) is 4.09. The highest BCUT2D eigenvalue weighted by molar-refractivity contribution is 7.99. The topological polar surface area (TPSA) is 128 Å². The van der Waals surface area contributed by atoms with Crippen LogP contribution in [0.4, 0.5) is 5.69 Å². The van der Waals surface area contributed by atoms with Crippen LogP contribution < -0.4 is 5.43 Å². The van der Waals surface area contributed by atoms with E-state index in [0.717, 1.165) is 11.4 Å². The summed E-state index contributed by atoms with van der Waals surface area (Å²) in [5.74, 6) is 0.309. The molecule has 0 unspecified atom stereocenters. The van der Waals surface area contributed by atoms with E-state index >= 15 is 0 Å². The van der Waals surface area contributed by atoms with E-state index < -0.39 is 10.8 Å². The number of benzene rings is 2. The second-order valence-electron chi connectivity index (χ2n) is 6.93. The molecule has 0 aliphatic carbocycles. The molecule has 1 N–H and O–H groups in total. The fraction of sp³-hybridized carbons (Fsp3) is 0.0870. The van der Waals surface area contributed by atoms with E-state index in [2.05, 4.69) is 25.7 Å². The molecule has 2 heterocycles. The number of hydrogen-bond acceptors (Lipinski definition) is 8. The summed E-state index contributed by atoms with van der Waals surface area (Å²) in [5.41, 5.74) is 4.13. The molecular weight excluding hydrogens is 454 g/mol. The Hall–Kier alpha value is -4.38. The van der Waals surface area contributed by atoms with Crippen molar-refractivity contribution in [3.8, 4) is 11.4 Å². The van der Waals surface area contributed by atoms with E-state index in [1.165, 1.54) is 42.5 Å². The Labute approximate surface area is 198 Å². The zero-order valence-electron chi connectivity index (χ0n) is 18.0. The van der Waals surface area contributed by atoms with Crippen LogP contribution in [0.25, 0.3) is 11.4 Å². The third-order valence-corrected chi connectivity index (χ3v) is 5.86. The van der Waals surface area contributed by atoms with Gasteiger partial charge in [0, 0.05) is 52.7 Å². The molecule has 11 heteroatoms. The Morgan fingerprint density at radius 1 is 1.15 bits per heavy atom. The number of nitrogens with one attached hydrogen (secondary N) is 1. The molecule has 0 radical (unpaired) electrons. The molecular formula is C23H19N7O3S. The number of hydrogen-bond donors (Lipinski definition) is 1. The lowest BCUT2D eigenvalue weighted by Gasteiger charge is -2.09. The molecule has 34 heavy (non-hydrogen) atoms. The largest absolute Gasteiger partial charge is 0.302 e. The van der Waals surface area contributed by atoms with Gasteiger partial charge in [-0.1, -0.05) is 30.3 Å². The predicted octanol–water partition coefficient (Wildman–Crippen LogP) is 4.18. The van der Waals surface area contributed by atoms with Crippen molar-refractivity contribution in [1.29, 1.82) is 0 Å². The first-order chi connectivity index (χ1) is 16.6. The maximum Gasteiger partial charge on any atom is 0.271 e. The average molecular weight is 474 g/mol. The van der Waals surface area contributed by atoms with Crippen LogP contribution in [0.5, 0.6) is 0 Å². The van der Waals surface area contributed by atoms with Gasteiger partial charge in [0.1, 0.15) is 0 Å². The van der Waals surface area contributed by atoms with Crippen LogP contribution in [0.1, 0.15) is 22.8 Å². The minimum absolute atomic E-state index is 0.0896. The Balaban J connectivity index is 1.62. The van der Waals surface area contributed by atoms with Crippen molar-refractivity contribution in [2.45, 2.75) is 23.5 Å². The van der Waals surface area contributed by atoms with Crippen molar-refractivity contribution in [2.24, 2.45) is 5.10 Å². The van der Waals surface area contributed by atoms with Crippen molar-refractivity contribution < 1.29 is 9.72 Å². The highest BCUT2D eigenvalue weighted by Gasteiger charge is 2.17. The number of non-ortho nitro benzene ring substituents is 1. The maximum atomic E-state index is 12.2. The van der Waals surface area contributed by atoms with E-state index in [1.54, 1.807) is 18.2 Å². The van der Waals surface area contributed by atoms with Crippen LogP contribution in [-0.4, -0.2) is 36.8 Å². The van der Waals surface area contributed by atoms with Crippen LogP contribution in [0, 0.1) is 10.1 Å². The molecule has 0 bridgehead atoms. The number of carbonyl (C=O) groups is 1. The molecule has 0 saturated carbocycles. The minimum atomic E-state index is -0.483. The number of amides is 1. The molecule has 10 nitrogen and oxygen atoms in total. The van der Waals surface area contributed by atoms with Gasteiger partial charge in [0.2, 0.25) is 0 Å². The van der Waals surface area contributed by atoms with Gasteiger partial charge in [0.05, 0.1) is 11.1 Å². The van der Waals surface area contributed by atoms with E-state index in [0.29, 0.717) is 27.7 Å². The second-order valence-corrected chi connectivity index (χ2v) is 7.94. The van der Waals surface area contributed by atoms with Gasteiger partial charge in [-0.2, -0.15) is 5.10 Å². The lowest BCUT2D eigenvalue weighted by atomic mass is 10.2. The van der Waals surface area contributed by atoms with Gasteiger partial charge in [-0.15, -0.1) is 10.2 Å². The standard InChI is InChI=1S/C23H19N7O3S/c1-2-29-21(16-6-4-3-5-7-16)26-28-23(29)34-20-9-8-19(30(32)33)14-18(20)15-25-27-22(31)17-10-12-24-13-11-17/h3-15H,2H2,1H3,(H,27,31)/b25-15-. The van der Waals surface area contributed by atoms with Crippen LogP contribution in [0.3, 0.4) is 0 Å². The summed E-state index contributed by atoms with van der Waals surface area (Å²) in [6.45, 7) is 2.63. The smallest absolute Gasteiger partial charge is 0.271 e. The zero-order valence-corrected chi connectivity index (χ0v) is 18.8. The van der Waals surface area contributed by atoms with Gasteiger partial charge in [-0.05, 0) is 36.9 Å². The average Bonchev–Trinajstić information content (AvgIpc) is 3.28. The van der Waals surface area contributed by atoms with E-state index in [4.69, 9.17) is 0 Å². The number of pyridine rings is 1. The summed E-state index contributed by atoms with van der Waals surface area (Å²) in [7, 11) is 0. The number of carbonyl (C=O) groups excluding carboxylic acids is 1. The molecule has 0 fully saturated rings. The monoisotopic (exact) mass is 473 g/mol. The lowest BCUT2D eigenvalue weighted by molar-refractivity contribution is -0.384. The molecule has 0 aliphatic rings. The number of rotatable bonds is 8. The first-order valence-corrected chi connectivity index (χ1v) is 11.1. The van der Waals surface area contributed by atoms with Gasteiger partial charge in [-0.25, -0.2) is 5.43 Å². The SMILES string of the molecule is CCn1c(Sc2ccc([N+](=O)[O-])cc2/C=N\NC(=O)c2ccncc2)nnc1-c1ccccc1. The van der Waals surface area contributed by atoms with Gasteiger partial charge in [-0.3, -0.25) is 19.9 Å². The van der Waals surface area contributed by atoms with Gasteiger partial charge >= 0.3 is 0 Å². The third kappa shape index (κ3) is 5.15. The Bertz CT molecular complexity index is 1340. The molecule has 170 valence electrons. The fourth-order valence-electron chi connectivity index (χ4n) is 3.12. The molecule has 1 amide bonds. The molecule has 0 saturated heterocycles. The van der Waals surface area contributed by atoms with Crippen molar-refractivity contribution >= 4 is 29.6 Å². The van der Waals surface area contributed by atoms with Crippen LogP contribution in [0.2, 0.25) is 0 Å². The van der Waals surface area contributed by atoms with Gasteiger partial charge in [0.15, 0.2) is 11.0 Å². The van der Waals surface area contributed by atoms with E-state index in [9.17, 15) is 14.9 Å². The van der Waals surface area contributed by atoms with Crippen molar-refractivity contribution in [3.05, 3.63) is 94.3 Å². The summed E-state index contributed by atoms with van der Waals surface area (Å²) >= 11 is 1.31. The number of nitrogens with zero attached hydrogens (tertiary/aromatic N) is 6. The number of nitro groups is 1. The molecule has 4 rings (SSSR count). The Morgan fingerprint density at radius 2 is 1.91 bits per heavy atom. The minimum Gasteiger partial charge on any atom is -0.302 e. The Kier molecular flexibility index (Phi) is 7.04. The molecule has 2 aromatic carbocycles. The summed E-state index contributed by atoms with van der Waals surface area (Å²) < 4.78 is 1.97. The first kappa shape index (κ1) is 22.8. The van der Waals surface area contributed by atoms with Crippen LogP contribution in [0.15, 0.2) is 88.2 Å². The normalized spacial score (nSPS) is 11.0. The zero-order chi connectivity index (χ0) is 23.9. The van der Waals surface area contributed by atoms with E-state index in [-0.39, 0.29) is 5.69 Å². The second kappa shape index (κ2) is 10.5. The summed E-state index contributed by atoms with van der Waals surface area (Å²) in [6, 6.07) is 17.3. The van der Waals surface area contributed by atoms with Crippen molar-refractivity contribution in [3.63, 3.8) is 0 Å². The number of nitro benzene ring substituents is 1. The first-order valence-electron chi connectivity index (χ1n) is 10.2. The molecule has 0 spiro atoms. The van der Waals surface area contributed by atoms with Gasteiger partial charge < -0.3 is 4.57 Å². The molecule has 4 aromatic rings. The van der Waals surface area contributed by atoms with Gasteiger partial charge in [0.25, 0.3) is 11.6 Å². The lowest BCUT2D eigenvalue weighted by Crippen LogP contribution is -2.17. The predicted molar refractivity (Wildman–Crippen MR) is 128 cm³/mol. The summed E-state index contributed by atoms with van der Waals surface area (Å²) in [5, 5.41) is 24.6. The Morgan fingerprint density at radius 3 is 2.62 bits per heavy atom. The van der Waals surface area contributed by atoms with Crippen LogP contribution >= 0.6 is 11.8 Å². The van der Waals surface area contributed by atoms with Crippen molar-refractivity contribution in [2.75, 3.05) is 0 Å². The summed E-state index contributed by atoms with van der Waals surface area (Å²) in [6.07, 6.45) is 4.38. The maximum absolute atomic E-state index is 12.2. The highest BCUT2D eigenvalue weighted by Crippen LogP contribution is 2.33. The molecule has 2 aromatic heterocycles. The van der Waals surface area contributed by atoms with Crippen molar-refractivity contribution in [1.82, 2.24) is 25.2 Å².